The number of hydrogen-bond acceptors (Lipinski definition) is 2. The first-order chi connectivity index (χ1) is 9.51. The lowest BCUT2D eigenvalue weighted by Crippen LogP contribution is -2.20. The van der Waals surface area contributed by atoms with Crippen LogP contribution in [-0.2, 0) is 6.42 Å². The molecule has 1 aromatic carbocycles. The third kappa shape index (κ3) is 3.35. The standard InChI is InChI=1S/C16H18ClFN2/c1-10-4-6-14(11(2)20-10)16(19-3)9-12-8-13(18)5-7-15(12)17/h4-8,16,19H,9H2,1-3H3. The molecule has 0 aliphatic rings. The lowest BCUT2D eigenvalue weighted by atomic mass is 9.97. The number of nitrogens with one attached hydrogen (secondary N) is 1. The molecule has 0 saturated carbocycles. The van der Waals surface area contributed by atoms with Crippen LogP contribution in [0.5, 0.6) is 0 Å². The molecular weight excluding hydrogens is 275 g/mol. The van der Waals surface area contributed by atoms with Gasteiger partial charge in [-0.15, -0.1) is 0 Å². The zero-order valence-electron chi connectivity index (χ0n) is 11.9. The highest BCUT2D eigenvalue weighted by Crippen LogP contribution is 2.25. The number of pyridine rings is 1. The number of aryl methyl sites for hydroxylation is 2. The molecule has 20 heavy (non-hydrogen) atoms. The molecule has 1 N–H and O–H groups in total. The number of halogens is 2. The molecule has 0 bridgehead atoms. The molecule has 1 heterocycles. The van der Waals surface area contributed by atoms with Crippen LogP contribution in [0.2, 0.25) is 5.02 Å². The van der Waals surface area contributed by atoms with Crippen molar-refractivity contribution in [3.63, 3.8) is 0 Å². The first-order valence-electron chi connectivity index (χ1n) is 6.56. The van der Waals surface area contributed by atoms with E-state index in [-0.39, 0.29) is 11.9 Å². The van der Waals surface area contributed by atoms with E-state index in [1.807, 2.05) is 27.0 Å². The number of hydrogen-bond donors (Lipinski definition) is 1. The van der Waals surface area contributed by atoms with Crippen molar-refractivity contribution >= 4 is 11.6 Å². The minimum absolute atomic E-state index is 0.0578. The molecular formula is C16H18ClFN2. The highest BCUT2D eigenvalue weighted by atomic mass is 35.5. The maximum absolute atomic E-state index is 13.3. The van der Waals surface area contributed by atoms with Crippen molar-refractivity contribution in [3.05, 3.63) is 63.7 Å². The van der Waals surface area contributed by atoms with E-state index >= 15 is 0 Å². The van der Waals surface area contributed by atoms with Crippen LogP contribution in [0.25, 0.3) is 0 Å². The van der Waals surface area contributed by atoms with E-state index in [2.05, 4.69) is 16.4 Å². The summed E-state index contributed by atoms with van der Waals surface area (Å²) in [5.74, 6) is -0.266. The van der Waals surface area contributed by atoms with Gasteiger partial charge in [0.15, 0.2) is 0 Å². The summed E-state index contributed by atoms with van der Waals surface area (Å²) in [7, 11) is 1.89. The lowest BCUT2D eigenvalue weighted by Gasteiger charge is -2.19. The van der Waals surface area contributed by atoms with Gasteiger partial charge in [-0.2, -0.15) is 0 Å². The molecule has 0 spiro atoms. The Hall–Kier alpha value is -1.45. The first kappa shape index (κ1) is 14.9. The van der Waals surface area contributed by atoms with E-state index in [1.54, 1.807) is 6.07 Å². The molecule has 2 rings (SSSR count). The minimum Gasteiger partial charge on any atom is -0.313 e. The molecule has 1 unspecified atom stereocenters. The maximum Gasteiger partial charge on any atom is 0.123 e. The number of rotatable bonds is 4. The Kier molecular flexibility index (Phi) is 4.73. The number of nitrogens with zero attached hydrogens (tertiary/aromatic N) is 1. The predicted octanol–water partition coefficient (Wildman–Crippen LogP) is 3.99. The molecule has 0 fully saturated rings. The van der Waals surface area contributed by atoms with Crippen molar-refractivity contribution in [2.24, 2.45) is 0 Å². The van der Waals surface area contributed by atoms with E-state index in [0.717, 1.165) is 22.5 Å². The van der Waals surface area contributed by atoms with Gasteiger partial charge >= 0.3 is 0 Å². The fraction of sp³-hybridized carbons (Fsp3) is 0.312. The van der Waals surface area contributed by atoms with Crippen LogP contribution in [0.1, 0.15) is 28.6 Å². The SMILES string of the molecule is CNC(Cc1cc(F)ccc1Cl)c1ccc(C)nc1C. The summed E-state index contributed by atoms with van der Waals surface area (Å²) in [5.41, 5.74) is 3.88. The summed E-state index contributed by atoms with van der Waals surface area (Å²) < 4.78 is 13.3. The second-order valence-corrected chi connectivity index (χ2v) is 5.32. The zero-order chi connectivity index (χ0) is 14.7. The van der Waals surface area contributed by atoms with Crippen LogP contribution >= 0.6 is 11.6 Å². The van der Waals surface area contributed by atoms with Crippen LogP contribution in [0.15, 0.2) is 30.3 Å². The third-order valence-electron chi connectivity index (χ3n) is 3.42. The van der Waals surface area contributed by atoms with E-state index in [9.17, 15) is 4.39 Å². The molecule has 106 valence electrons. The van der Waals surface area contributed by atoms with E-state index in [0.29, 0.717) is 11.4 Å². The normalized spacial score (nSPS) is 12.4. The fourth-order valence-corrected chi connectivity index (χ4v) is 2.55. The molecule has 1 aromatic heterocycles. The Bertz CT molecular complexity index is 613. The van der Waals surface area contributed by atoms with Gasteiger partial charge in [0.05, 0.1) is 0 Å². The molecule has 1 atom stereocenters. The fourth-order valence-electron chi connectivity index (χ4n) is 2.35. The Balaban J connectivity index is 2.31. The average molecular weight is 293 g/mol. The molecule has 0 saturated heterocycles. The first-order valence-corrected chi connectivity index (χ1v) is 6.94. The Morgan fingerprint density at radius 1 is 1.25 bits per heavy atom. The third-order valence-corrected chi connectivity index (χ3v) is 3.79. The monoisotopic (exact) mass is 292 g/mol. The van der Waals surface area contributed by atoms with Gasteiger partial charge in [0.1, 0.15) is 5.82 Å². The largest absolute Gasteiger partial charge is 0.313 e. The average Bonchev–Trinajstić information content (AvgIpc) is 2.40. The number of benzene rings is 1. The van der Waals surface area contributed by atoms with E-state index < -0.39 is 0 Å². The minimum atomic E-state index is -0.266. The van der Waals surface area contributed by atoms with Gasteiger partial charge in [0.2, 0.25) is 0 Å². The molecule has 0 aliphatic heterocycles. The highest BCUT2D eigenvalue weighted by Gasteiger charge is 2.15. The number of aromatic nitrogens is 1. The van der Waals surface area contributed by atoms with Gasteiger partial charge in [-0.05, 0) is 62.7 Å². The van der Waals surface area contributed by atoms with Gasteiger partial charge in [-0.1, -0.05) is 17.7 Å². The van der Waals surface area contributed by atoms with Crippen molar-refractivity contribution in [2.75, 3.05) is 7.05 Å². The molecule has 0 amide bonds. The van der Waals surface area contributed by atoms with Crippen molar-refractivity contribution in [2.45, 2.75) is 26.3 Å². The van der Waals surface area contributed by atoms with Gasteiger partial charge < -0.3 is 5.32 Å². The zero-order valence-corrected chi connectivity index (χ0v) is 12.6. The van der Waals surface area contributed by atoms with Gasteiger partial charge in [-0.25, -0.2) is 4.39 Å². The van der Waals surface area contributed by atoms with Crippen molar-refractivity contribution < 1.29 is 4.39 Å². The van der Waals surface area contributed by atoms with Crippen LogP contribution in [-0.4, -0.2) is 12.0 Å². The summed E-state index contributed by atoms with van der Waals surface area (Å²) in [4.78, 5) is 4.48. The highest BCUT2D eigenvalue weighted by molar-refractivity contribution is 6.31. The predicted molar refractivity (Wildman–Crippen MR) is 80.6 cm³/mol. The Labute approximate surface area is 124 Å². The van der Waals surface area contributed by atoms with Crippen LogP contribution in [0.3, 0.4) is 0 Å². The summed E-state index contributed by atoms with van der Waals surface area (Å²) in [6, 6.07) is 8.57. The lowest BCUT2D eigenvalue weighted by molar-refractivity contribution is 0.579. The maximum atomic E-state index is 13.3. The van der Waals surface area contributed by atoms with Gasteiger partial charge in [0, 0.05) is 22.5 Å². The molecule has 2 aromatic rings. The van der Waals surface area contributed by atoms with Crippen molar-refractivity contribution in [3.8, 4) is 0 Å². The second kappa shape index (κ2) is 6.33. The summed E-state index contributed by atoms with van der Waals surface area (Å²) >= 11 is 6.14. The number of likely N-dealkylation sites (N-methyl/N-ethyl adjacent to an activating group) is 1. The van der Waals surface area contributed by atoms with E-state index in [1.165, 1.54) is 12.1 Å². The smallest absolute Gasteiger partial charge is 0.123 e. The van der Waals surface area contributed by atoms with Crippen LogP contribution < -0.4 is 5.32 Å². The topological polar surface area (TPSA) is 24.9 Å². The molecule has 0 radical (unpaired) electrons. The molecule has 0 aliphatic carbocycles. The summed E-state index contributed by atoms with van der Waals surface area (Å²) in [6.45, 7) is 3.95. The van der Waals surface area contributed by atoms with Crippen molar-refractivity contribution in [1.29, 1.82) is 0 Å². The summed E-state index contributed by atoms with van der Waals surface area (Å²) in [6.07, 6.45) is 0.624. The van der Waals surface area contributed by atoms with Gasteiger partial charge in [0.25, 0.3) is 0 Å². The van der Waals surface area contributed by atoms with E-state index in [4.69, 9.17) is 11.6 Å². The Morgan fingerprint density at radius 3 is 2.65 bits per heavy atom. The Morgan fingerprint density at radius 2 is 2.00 bits per heavy atom. The van der Waals surface area contributed by atoms with Crippen LogP contribution in [0.4, 0.5) is 4.39 Å². The molecule has 2 nitrogen and oxygen atoms in total. The summed E-state index contributed by atoms with van der Waals surface area (Å²) in [5, 5.41) is 3.84. The van der Waals surface area contributed by atoms with Crippen LogP contribution in [0, 0.1) is 19.7 Å². The molecule has 4 heteroatoms. The second-order valence-electron chi connectivity index (χ2n) is 4.91. The van der Waals surface area contributed by atoms with Crippen molar-refractivity contribution in [1.82, 2.24) is 10.3 Å². The van der Waals surface area contributed by atoms with Gasteiger partial charge in [-0.3, -0.25) is 4.98 Å². The quantitative estimate of drug-likeness (QED) is 0.921.